The number of carbonyl (C=O) groups is 1. The fourth-order valence-electron chi connectivity index (χ4n) is 5.01. The molecule has 0 bridgehead atoms. The Labute approximate surface area is 248 Å². The first-order valence-electron chi connectivity index (χ1n) is 13.6. The molecule has 2 aromatic carbocycles. The molecule has 5 rings (SSSR count). The number of nitro groups is 1. The summed E-state index contributed by atoms with van der Waals surface area (Å²) in [5.41, 5.74) is 3.59. The smallest absolute Gasteiger partial charge is 0.283 e. The van der Waals surface area contributed by atoms with Crippen molar-refractivity contribution in [2.24, 2.45) is 16.3 Å². The molecule has 0 aliphatic heterocycles. The van der Waals surface area contributed by atoms with Gasteiger partial charge in [0.25, 0.3) is 11.6 Å². The molecule has 0 saturated heterocycles. The lowest BCUT2D eigenvalue weighted by molar-refractivity contribution is -0.387. The summed E-state index contributed by atoms with van der Waals surface area (Å²) in [5, 5.41) is 15.5. The Hall–Kier alpha value is -3.69. The SMILES string of the molecule is Cc1ccc(Sc2ccc(C=Nc3sc4c(c3C(=O)NCc3ccco3)CC[C@@H](C(C)(C)C)C4)cc2[N+](=O)[O-])cc1. The normalized spacial score (nSPS) is 15.2. The second-order valence-corrected chi connectivity index (χ2v) is 13.6. The lowest BCUT2D eigenvalue weighted by Gasteiger charge is -2.33. The zero-order valence-electron chi connectivity index (χ0n) is 23.6. The third kappa shape index (κ3) is 6.80. The fourth-order valence-corrected chi connectivity index (χ4v) is 7.18. The predicted molar refractivity (Wildman–Crippen MR) is 165 cm³/mol. The molecular weight excluding hydrogens is 555 g/mol. The minimum Gasteiger partial charge on any atom is -0.467 e. The van der Waals surface area contributed by atoms with Crippen LogP contribution in [0.25, 0.3) is 0 Å². The molecule has 4 aromatic rings. The van der Waals surface area contributed by atoms with Crippen molar-refractivity contribution in [3.8, 4) is 0 Å². The van der Waals surface area contributed by atoms with Gasteiger partial charge in [0.1, 0.15) is 10.8 Å². The first kappa shape index (κ1) is 28.8. The molecule has 1 atom stereocenters. The molecule has 0 unspecified atom stereocenters. The molecule has 0 radical (unpaired) electrons. The highest BCUT2D eigenvalue weighted by Gasteiger charge is 2.33. The average Bonchev–Trinajstić information content (AvgIpc) is 3.59. The van der Waals surface area contributed by atoms with Gasteiger partial charge in [-0.2, -0.15) is 0 Å². The van der Waals surface area contributed by atoms with Crippen molar-refractivity contribution >= 4 is 45.9 Å². The van der Waals surface area contributed by atoms with E-state index in [1.54, 1.807) is 42.0 Å². The Morgan fingerprint density at radius 1 is 1.22 bits per heavy atom. The van der Waals surface area contributed by atoms with Gasteiger partial charge in [0, 0.05) is 22.1 Å². The number of hydrogen-bond acceptors (Lipinski definition) is 7. The number of nitrogens with zero attached hydrogens (tertiary/aromatic N) is 2. The molecule has 41 heavy (non-hydrogen) atoms. The molecule has 1 aliphatic rings. The first-order chi connectivity index (χ1) is 19.6. The van der Waals surface area contributed by atoms with Crippen LogP contribution in [0.15, 0.2) is 80.1 Å². The van der Waals surface area contributed by atoms with E-state index in [0.29, 0.717) is 32.7 Å². The number of nitro benzene ring substituents is 1. The lowest BCUT2D eigenvalue weighted by Crippen LogP contribution is -2.28. The van der Waals surface area contributed by atoms with E-state index in [2.05, 4.69) is 26.1 Å². The molecule has 2 heterocycles. The van der Waals surface area contributed by atoms with Crippen molar-refractivity contribution in [1.29, 1.82) is 0 Å². The van der Waals surface area contributed by atoms with E-state index >= 15 is 0 Å². The van der Waals surface area contributed by atoms with Crippen LogP contribution in [0.5, 0.6) is 0 Å². The number of carbonyl (C=O) groups excluding carboxylic acids is 1. The number of thiophene rings is 1. The molecule has 0 fully saturated rings. The summed E-state index contributed by atoms with van der Waals surface area (Å²) >= 11 is 2.91. The maximum absolute atomic E-state index is 13.5. The molecule has 1 aliphatic carbocycles. The van der Waals surface area contributed by atoms with E-state index in [0.717, 1.165) is 35.3 Å². The van der Waals surface area contributed by atoms with E-state index < -0.39 is 0 Å². The highest BCUT2D eigenvalue weighted by atomic mass is 32.2. The van der Waals surface area contributed by atoms with E-state index in [1.807, 2.05) is 43.3 Å². The van der Waals surface area contributed by atoms with Crippen LogP contribution in [0.4, 0.5) is 10.7 Å². The highest BCUT2D eigenvalue weighted by Crippen LogP contribution is 2.45. The van der Waals surface area contributed by atoms with Crippen LogP contribution >= 0.6 is 23.1 Å². The molecule has 2 aromatic heterocycles. The summed E-state index contributed by atoms with van der Waals surface area (Å²) in [6.07, 6.45) is 5.95. The largest absolute Gasteiger partial charge is 0.467 e. The molecule has 0 spiro atoms. The van der Waals surface area contributed by atoms with Crippen molar-refractivity contribution in [2.45, 2.75) is 63.3 Å². The third-order valence-corrected chi connectivity index (χ3v) is 9.70. The van der Waals surface area contributed by atoms with E-state index in [1.165, 1.54) is 16.6 Å². The second kappa shape index (κ2) is 12.0. The minimum absolute atomic E-state index is 0.0226. The van der Waals surface area contributed by atoms with Gasteiger partial charge in [0.15, 0.2) is 0 Å². The quantitative estimate of drug-likeness (QED) is 0.127. The maximum Gasteiger partial charge on any atom is 0.283 e. The van der Waals surface area contributed by atoms with Gasteiger partial charge in [-0.15, -0.1) is 11.3 Å². The summed E-state index contributed by atoms with van der Waals surface area (Å²) in [6, 6.07) is 16.6. The van der Waals surface area contributed by atoms with Crippen LogP contribution in [0, 0.1) is 28.4 Å². The zero-order chi connectivity index (χ0) is 29.1. The molecule has 9 heteroatoms. The monoisotopic (exact) mass is 587 g/mol. The number of rotatable bonds is 8. The van der Waals surface area contributed by atoms with Gasteiger partial charge in [0.05, 0.1) is 28.2 Å². The maximum atomic E-state index is 13.5. The van der Waals surface area contributed by atoms with Gasteiger partial charge in [-0.25, -0.2) is 4.99 Å². The van der Waals surface area contributed by atoms with Crippen LogP contribution in [0.1, 0.15) is 64.9 Å². The number of amides is 1. The Morgan fingerprint density at radius 2 is 2.00 bits per heavy atom. The van der Waals surface area contributed by atoms with Gasteiger partial charge < -0.3 is 9.73 Å². The standard InChI is InChI=1S/C32H33N3O4S2/c1-20-7-11-24(12-8-20)40-27-14-9-21(16-26(27)35(37)38)18-34-31-29(30(36)33-19-23-6-5-15-39-23)25-13-10-22(32(2,3)4)17-28(25)41-31/h5-9,11-12,14-16,18,22H,10,13,17,19H2,1-4H3,(H,33,36)/t22-/m1/s1. The number of benzene rings is 2. The van der Waals surface area contributed by atoms with Crippen molar-refractivity contribution in [3.63, 3.8) is 0 Å². The number of furan rings is 1. The third-order valence-electron chi connectivity index (χ3n) is 7.46. The average molecular weight is 588 g/mol. The summed E-state index contributed by atoms with van der Waals surface area (Å²) in [6.45, 7) is 9.09. The van der Waals surface area contributed by atoms with Crippen LogP contribution < -0.4 is 5.32 Å². The lowest BCUT2D eigenvalue weighted by atomic mass is 9.72. The zero-order valence-corrected chi connectivity index (χ0v) is 25.2. The van der Waals surface area contributed by atoms with Crippen molar-refractivity contribution in [1.82, 2.24) is 5.32 Å². The molecule has 212 valence electrons. The number of aliphatic imine (C=N–C) groups is 1. The van der Waals surface area contributed by atoms with Gasteiger partial charge >= 0.3 is 0 Å². The molecule has 0 saturated carbocycles. The fraction of sp³-hybridized carbons (Fsp3) is 0.312. The highest BCUT2D eigenvalue weighted by molar-refractivity contribution is 7.99. The topological polar surface area (TPSA) is 97.7 Å². The van der Waals surface area contributed by atoms with E-state index in [9.17, 15) is 14.9 Å². The molecular formula is C32H33N3O4S2. The summed E-state index contributed by atoms with van der Waals surface area (Å²) < 4.78 is 5.39. The number of nitrogens with one attached hydrogen (secondary N) is 1. The number of aryl methyl sites for hydroxylation is 1. The minimum atomic E-state index is -0.363. The summed E-state index contributed by atoms with van der Waals surface area (Å²) in [5.74, 6) is 1.01. The van der Waals surface area contributed by atoms with Crippen molar-refractivity contribution < 1.29 is 14.1 Å². The van der Waals surface area contributed by atoms with Crippen LogP contribution in [0.2, 0.25) is 0 Å². The summed E-state index contributed by atoms with van der Waals surface area (Å²) in [7, 11) is 0. The molecule has 1 amide bonds. The first-order valence-corrected chi connectivity index (χ1v) is 15.2. The number of fused-ring (bicyclic) bond motifs is 1. The number of hydrogen-bond donors (Lipinski definition) is 1. The van der Waals surface area contributed by atoms with Gasteiger partial charge in [-0.1, -0.05) is 56.3 Å². The van der Waals surface area contributed by atoms with Crippen LogP contribution in [-0.2, 0) is 19.4 Å². The van der Waals surface area contributed by atoms with Gasteiger partial charge in [0.2, 0.25) is 0 Å². The Kier molecular flexibility index (Phi) is 8.47. The van der Waals surface area contributed by atoms with Crippen LogP contribution in [0.3, 0.4) is 0 Å². The van der Waals surface area contributed by atoms with Crippen LogP contribution in [-0.4, -0.2) is 17.0 Å². The van der Waals surface area contributed by atoms with Crippen molar-refractivity contribution in [3.05, 3.63) is 104 Å². The van der Waals surface area contributed by atoms with Crippen molar-refractivity contribution in [2.75, 3.05) is 0 Å². The van der Waals surface area contributed by atoms with E-state index in [-0.39, 0.29) is 28.5 Å². The second-order valence-electron chi connectivity index (χ2n) is 11.4. The van der Waals surface area contributed by atoms with Gasteiger partial charge in [-0.3, -0.25) is 14.9 Å². The molecule has 7 nitrogen and oxygen atoms in total. The predicted octanol–water partition coefficient (Wildman–Crippen LogP) is 8.54. The summed E-state index contributed by atoms with van der Waals surface area (Å²) in [4.78, 5) is 32.5. The van der Waals surface area contributed by atoms with Gasteiger partial charge in [-0.05, 0) is 79.0 Å². The Balaban J connectivity index is 1.44. The Morgan fingerprint density at radius 3 is 2.68 bits per heavy atom. The Bertz CT molecular complexity index is 1580. The molecule has 1 N–H and O–H groups in total. The van der Waals surface area contributed by atoms with E-state index in [4.69, 9.17) is 9.41 Å².